The molecule has 0 spiro atoms. The van der Waals surface area contributed by atoms with Crippen molar-refractivity contribution in [1.29, 1.82) is 0 Å². The normalized spacial score (nSPS) is 12.1. The van der Waals surface area contributed by atoms with Gasteiger partial charge < -0.3 is 0 Å². The Morgan fingerprint density at radius 1 is 0.600 bits per heavy atom. The lowest BCUT2D eigenvalue weighted by atomic mass is 9.98. The van der Waals surface area contributed by atoms with Gasteiger partial charge in [-0.25, -0.2) is 0 Å². The van der Waals surface area contributed by atoms with E-state index in [0.717, 1.165) is 21.5 Å². The van der Waals surface area contributed by atoms with E-state index < -0.39 is 15.4 Å². The quantitative estimate of drug-likeness (QED) is 0.532. The second-order valence-electron chi connectivity index (χ2n) is 6.11. The Labute approximate surface area is 146 Å². The average Bonchev–Trinajstić information content (AvgIpc) is 2.60. The number of fused-ring (bicyclic) bond motifs is 2. The maximum atomic E-state index is 12.2. The SMILES string of the molecule is O=S(=O)(O)C(c1ccc2ccccc2c1)c1ccc2ccccc2c1. The third-order valence-electron chi connectivity index (χ3n) is 4.45. The standard InChI is InChI=1S/C21H16O3S/c22-25(23,24)21(19-11-9-15-5-1-3-7-17(15)13-19)20-12-10-16-6-2-4-8-18(16)14-20/h1-14,21H,(H,22,23,24). The predicted molar refractivity (Wildman–Crippen MR) is 101 cm³/mol. The molecule has 0 aliphatic heterocycles. The number of benzene rings is 4. The van der Waals surface area contributed by atoms with Crippen molar-refractivity contribution in [3.63, 3.8) is 0 Å². The van der Waals surface area contributed by atoms with E-state index in [1.807, 2.05) is 72.8 Å². The average molecular weight is 348 g/mol. The lowest BCUT2D eigenvalue weighted by Gasteiger charge is -2.16. The van der Waals surface area contributed by atoms with Crippen LogP contribution in [0.4, 0.5) is 0 Å². The Morgan fingerprint density at radius 2 is 1.00 bits per heavy atom. The highest BCUT2D eigenvalue weighted by Crippen LogP contribution is 2.33. The fraction of sp³-hybridized carbons (Fsp3) is 0.0476. The van der Waals surface area contributed by atoms with E-state index in [4.69, 9.17) is 0 Å². The molecule has 0 fully saturated rings. The first-order chi connectivity index (χ1) is 12.0. The zero-order chi connectivity index (χ0) is 17.4. The minimum Gasteiger partial charge on any atom is -0.285 e. The molecule has 0 aliphatic carbocycles. The molecule has 0 radical (unpaired) electrons. The van der Waals surface area contributed by atoms with Crippen LogP contribution in [0.5, 0.6) is 0 Å². The zero-order valence-corrected chi connectivity index (χ0v) is 14.1. The van der Waals surface area contributed by atoms with Crippen LogP contribution < -0.4 is 0 Å². The van der Waals surface area contributed by atoms with E-state index >= 15 is 0 Å². The molecule has 0 heterocycles. The first-order valence-electron chi connectivity index (χ1n) is 7.96. The molecule has 4 aromatic rings. The predicted octanol–water partition coefficient (Wildman–Crippen LogP) is 4.97. The topological polar surface area (TPSA) is 54.4 Å². The Balaban J connectivity index is 1.92. The highest BCUT2D eigenvalue weighted by molar-refractivity contribution is 7.86. The molecule has 3 nitrogen and oxygen atoms in total. The second kappa shape index (κ2) is 5.99. The van der Waals surface area contributed by atoms with Gasteiger partial charge in [0.2, 0.25) is 0 Å². The minimum atomic E-state index is -4.31. The molecule has 4 heteroatoms. The van der Waals surface area contributed by atoms with Crippen LogP contribution in [0.3, 0.4) is 0 Å². The van der Waals surface area contributed by atoms with Gasteiger partial charge in [0.25, 0.3) is 10.1 Å². The molecule has 124 valence electrons. The zero-order valence-electron chi connectivity index (χ0n) is 13.3. The maximum Gasteiger partial charge on any atom is 0.276 e. The first-order valence-corrected chi connectivity index (χ1v) is 9.46. The Bertz CT molecular complexity index is 1100. The maximum absolute atomic E-state index is 12.2. The Morgan fingerprint density at radius 3 is 1.40 bits per heavy atom. The van der Waals surface area contributed by atoms with Gasteiger partial charge in [-0.05, 0) is 44.8 Å². The van der Waals surface area contributed by atoms with Gasteiger partial charge in [-0.1, -0.05) is 72.8 Å². The summed E-state index contributed by atoms with van der Waals surface area (Å²) in [5.41, 5.74) is 1.10. The van der Waals surface area contributed by atoms with Gasteiger partial charge in [-0.15, -0.1) is 0 Å². The third-order valence-corrected chi connectivity index (χ3v) is 5.59. The van der Waals surface area contributed by atoms with Crippen LogP contribution in [0.15, 0.2) is 84.9 Å². The number of hydrogen-bond donors (Lipinski definition) is 1. The molecule has 1 N–H and O–H groups in total. The van der Waals surface area contributed by atoms with Gasteiger partial charge >= 0.3 is 0 Å². The van der Waals surface area contributed by atoms with E-state index in [2.05, 4.69) is 0 Å². The molecule has 0 saturated carbocycles. The van der Waals surface area contributed by atoms with Gasteiger partial charge in [0, 0.05) is 0 Å². The molecule has 0 aliphatic rings. The summed E-state index contributed by atoms with van der Waals surface area (Å²) in [5.74, 6) is 0. The van der Waals surface area contributed by atoms with Gasteiger partial charge in [0.15, 0.2) is 0 Å². The Kier molecular flexibility index (Phi) is 3.79. The summed E-state index contributed by atoms with van der Waals surface area (Å²) in [6.45, 7) is 0. The van der Waals surface area contributed by atoms with Crippen molar-refractivity contribution in [1.82, 2.24) is 0 Å². The van der Waals surface area contributed by atoms with Crippen molar-refractivity contribution in [2.45, 2.75) is 5.25 Å². The van der Waals surface area contributed by atoms with Gasteiger partial charge in [0.1, 0.15) is 5.25 Å². The van der Waals surface area contributed by atoms with Crippen molar-refractivity contribution in [2.75, 3.05) is 0 Å². The van der Waals surface area contributed by atoms with E-state index in [0.29, 0.717) is 11.1 Å². The molecule has 0 aromatic heterocycles. The molecule has 0 amide bonds. The number of hydrogen-bond acceptors (Lipinski definition) is 2. The summed E-state index contributed by atoms with van der Waals surface area (Å²) >= 11 is 0. The second-order valence-corrected chi connectivity index (χ2v) is 7.61. The van der Waals surface area contributed by atoms with Crippen molar-refractivity contribution in [3.8, 4) is 0 Å². The van der Waals surface area contributed by atoms with Crippen LogP contribution in [0.1, 0.15) is 16.4 Å². The lowest BCUT2D eigenvalue weighted by molar-refractivity contribution is 0.475. The van der Waals surface area contributed by atoms with Crippen molar-refractivity contribution < 1.29 is 13.0 Å². The van der Waals surface area contributed by atoms with Gasteiger partial charge in [-0.3, -0.25) is 4.55 Å². The molecule has 0 atom stereocenters. The van der Waals surface area contributed by atoms with E-state index in [-0.39, 0.29) is 0 Å². The van der Waals surface area contributed by atoms with Gasteiger partial charge in [-0.2, -0.15) is 8.42 Å². The molecule has 4 aromatic carbocycles. The molecule has 4 rings (SSSR count). The highest BCUT2D eigenvalue weighted by Gasteiger charge is 2.27. The minimum absolute atomic E-state index is 0.552. The van der Waals surface area contributed by atoms with Crippen LogP contribution in [0.25, 0.3) is 21.5 Å². The van der Waals surface area contributed by atoms with Crippen LogP contribution >= 0.6 is 0 Å². The van der Waals surface area contributed by atoms with Gasteiger partial charge in [0.05, 0.1) is 0 Å². The molecule has 25 heavy (non-hydrogen) atoms. The Hall–Kier alpha value is -2.69. The summed E-state index contributed by atoms with van der Waals surface area (Å²) in [4.78, 5) is 0. The van der Waals surface area contributed by atoms with Crippen LogP contribution in [-0.4, -0.2) is 13.0 Å². The van der Waals surface area contributed by atoms with Crippen LogP contribution in [-0.2, 0) is 10.1 Å². The molecular formula is C21H16O3S. The van der Waals surface area contributed by atoms with Crippen LogP contribution in [0.2, 0.25) is 0 Å². The summed E-state index contributed by atoms with van der Waals surface area (Å²) in [5, 5.41) is 2.82. The highest BCUT2D eigenvalue weighted by atomic mass is 32.2. The van der Waals surface area contributed by atoms with Crippen LogP contribution in [0, 0.1) is 0 Å². The summed E-state index contributed by atoms with van der Waals surface area (Å²) in [6, 6.07) is 26.4. The van der Waals surface area contributed by atoms with Crippen molar-refractivity contribution in [3.05, 3.63) is 96.1 Å². The van der Waals surface area contributed by atoms with E-state index in [9.17, 15) is 13.0 Å². The summed E-state index contributed by atoms with van der Waals surface area (Å²) in [6.07, 6.45) is 0. The largest absolute Gasteiger partial charge is 0.285 e. The lowest BCUT2D eigenvalue weighted by Crippen LogP contribution is -2.13. The van der Waals surface area contributed by atoms with Crippen molar-refractivity contribution >= 4 is 31.7 Å². The molecule has 0 unspecified atom stereocenters. The summed E-state index contributed by atoms with van der Waals surface area (Å²) < 4.78 is 34.2. The van der Waals surface area contributed by atoms with Crippen molar-refractivity contribution in [2.24, 2.45) is 0 Å². The smallest absolute Gasteiger partial charge is 0.276 e. The molecule has 0 saturated heterocycles. The first kappa shape index (κ1) is 15.8. The monoisotopic (exact) mass is 348 g/mol. The number of rotatable bonds is 3. The van der Waals surface area contributed by atoms with E-state index in [1.165, 1.54) is 0 Å². The molecule has 0 bridgehead atoms. The third kappa shape index (κ3) is 3.02. The summed E-state index contributed by atoms with van der Waals surface area (Å²) in [7, 11) is -4.31. The fourth-order valence-corrected chi connectivity index (χ4v) is 4.26. The van der Waals surface area contributed by atoms with E-state index in [1.54, 1.807) is 12.1 Å². The fourth-order valence-electron chi connectivity index (χ4n) is 3.28. The molecular weight excluding hydrogens is 332 g/mol.